The van der Waals surface area contributed by atoms with Gasteiger partial charge >= 0.3 is 0 Å². The zero-order valence-electron chi connectivity index (χ0n) is 15.8. The quantitative estimate of drug-likeness (QED) is 0.443. The van der Waals surface area contributed by atoms with Crippen LogP contribution in [0.15, 0.2) is 79.0 Å². The van der Waals surface area contributed by atoms with Gasteiger partial charge in [-0.1, -0.05) is 78.3 Å². The topological polar surface area (TPSA) is 71.1 Å². The number of nitrogens with zero attached hydrogens (tertiary/aromatic N) is 1. The number of carbonyl (C=O) groups excluding carboxylic acids is 2. The number of aromatic nitrogens is 1. The van der Waals surface area contributed by atoms with Crippen LogP contribution < -0.4 is 10.6 Å². The number of hydrogen-bond acceptors (Lipinski definition) is 3. The number of nitrogens with one attached hydrogen (secondary N) is 2. The molecule has 1 aromatic heterocycles. The maximum Gasteiger partial charge on any atom is 0.233 e. The van der Waals surface area contributed by atoms with Gasteiger partial charge in [-0.05, 0) is 29.2 Å². The fraction of sp³-hybridized carbons (Fsp3) is 0.174. The van der Waals surface area contributed by atoms with E-state index in [9.17, 15) is 9.59 Å². The molecule has 3 aromatic rings. The molecule has 5 nitrogen and oxygen atoms in total. The van der Waals surface area contributed by atoms with Crippen molar-refractivity contribution in [1.29, 1.82) is 0 Å². The van der Waals surface area contributed by atoms with E-state index < -0.39 is 5.92 Å². The number of pyridine rings is 1. The first-order valence-corrected chi connectivity index (χ1v) is 9.73. The second kappa shape index (κ2) is 10.4. The van der Waals surface area contributed by atoms with E-state index in [2.05, 4.69) is 15.6 Å². The Kier molecular flexibility index (Phi) is 7.36. The number of rotatable bonds is 8. The van der Waals surface area contributed by atoms with E-state index in [4.69, 9.17) is 11.6 Å². The fourth-order valence-corrected chi connectivity index (χ4v) is 3.00. The molecule has 1 heterocycles. The summed E-state index contributed by atoms with van der Waals surface area (Å²) >= 11 is 5.84. The number of amides is 2. The van der Waals surface area contributed by atoms with Crippen LogP contribution in [0.3, 0.4) is 0 Å². The predicted molar refractivity (Wildman–Crippen MR) is 113 cm³/mol. The van der Waals surface area contributed by atoms with Crippen LogP contribution in [0.25, 0.3) is 0 Å². The van der Waals surface area contributed by atoms with Crippen molar-refractivity contribution in [3.63, 3.8) is 0 Å². The van der Waals surface area contributed by atoms with E-state index in [0.29, 0.717) is 18.2 Å². The van der Waals surface area contributed by atoms with Crippen molar-refractivity contribution in [2.24, 2.45) is 5.92 Å². The number of hydrogen-bond donors (Lipinski definition) is 2. The minimum absolute atomic E-state index is 0.241. The largest absolute Gasteiger partial charge is 0.351 e. The highest BCUT2D eigenvalue weighted by Gasteiger charge is 2.26. The highest BCUT2D eigenvalue weighted by molar-refractivity contribution is 6.29. The molecule has 0 fully saturated rings. The second-order valence-corrected chi connectivity index (χ2v) is 7.04. The molecule has 0 saturated carbocycles. The van der Waals surface area contributed by atoms with Crippen LogP contribution in [0.2, 0.25) is 5.15 Å². The molecule has 3 rings (SSSR count). The molecule has 0 unspecified atom stereocenters. The van der Waals surface area contributed by atoms with Gasteiger partial charge in [-0.2, -0.15) is 0 Å². The summed E-state index contributed by atoms with van der Waals surface area (Å²) in [4.78, 5) is 29.7. The van der Waals surface area contributed by atoms with Gasteiger partial charge in [0.15, 0.2) is 0 Å². The molecule has 0 atom stereocenters. The van der Waals surface area contributed by atoms with Gasteiger partial charge in [-0.25, -0.2) is 4.98 Å². The lowest BCUT2D eigenvalue weighted by Crippen LogP contribution is -2.42. The van der Waals surface area contributed by atoms with Crippen LogP contribution in [0, 0.1) is 5.92 Å². The highest BCUT2D eigenvalue weighted by atomic mass is 35.5. The predicted octanol–water partition coefficient (Wildman–Crippen LogP) is 3.53. The molecule has 0 aliphatic carbocycles. The maximum atomic E-state index is 12.8. The zero-order chi connectivity index (χ0) is 20.5. The SMILES string of the molecule is O=C(NCc1ccccc1)C(Cc1ccc(Cl)nc1)C(=O)NCc1ccccc1. The number of halogens is 1. The van der Waals surface area contributed by atoms with Gasteiger partial charge in [0, 0.05) is 19.3 Å². The van der Waals surface area contributed by atoms with E-state index >= 15 is 0 Å². The summed E-state index contributed by atoms with van der Waals surface area (Å²) in [6, 6.07) is 22.6. The third-order valence-corrected chi connectivity index (χ3v) is 4.70. The van der Waals surface area contributed by atoms with E-state index in [-0.39, 0.29) is 18.2 Å². The molecule has 0 saturated heterocycles. The van der Waals surface area contributed by atoms with Gasteiger partial charge in [0.2, 0.25) is 11.8 Å². The molecule has 6 heteroatoms. The first-order valence-electron chi connectivity index (χ1n) is 9.35. The van der Waals surface area contributed by atoms with Crippen LogP contribution >= 0.6 is 11.6 Å². The Bertz CT molecular complexity index is 876. The fourth-order valence-electron chi connectivity index (χ4n) is 2.88. The van der Waals surface area contributed by atoms with Gasteiger partial charge in [-0.3, -0.25) is 9.59 Å². The van der Waals surface area contributed by atoms with E-state index in [0.717, 1.165) is 16.7 Å². The summed E-state index contributed by atoms with van der Waals surface area (Å²) in [5.41, 5.74) is 2.71. The van der Waals surface area contributed by atoms with Crippen molar-refractivity contribution in [3.8, 4) is 0 Å². The minimum Gasteiger partial charge on any atom is -0.351 e. The monoisotopic (exact) mass is 407 g/mol. The summed E-state index contributed by atoms with van der Waals surface area (Å²) in [6.07, 6.45) is 1.83. The van der Waals surface area contributed by atoms with Gasteiger partial charge in [0.25, 0.3) is 0 Å². The molecule has 2 N–H and O–H groups in total. The van der Waals surface area contributed by atoms with Crippen LogP contribution in [0.4, 0.5) is 0 Å². The maximum absolute atomic E-state index is 12.8. The Balaban J connectivity index is 1.68. The molecule has 0 spiro atoms. The van der Waals surface area contributed by atoms with Crippen molar-refractivity contribution < 1.29 is 9.59 Å². The van der Waals surface area contributed by atoms with Gasteiger partial charge in [-0.15, -0.1) is 0 Å². The van der Waals surface area contributed by atoms with Crippen molar-refractivity contribution in [1.82, 2.24) is 15.6 Å². The molecule has 0 bridgehead atoms. The molecule has 29 heavy (non-hydrogen) atoms. The average Bonchev–Trinajstić information content (AvgIpc) is 2.77. The summed E-state index contributed by atoms with van der Waals surface area (Å²) in [5, 5.41) is 6.09. The summed E-state index contributed by atoms with van der Waals surface area (Å²) < 4.78 is 0. The summed E-state index contributed by atoms with van der Waals surface area (Å²) in [5.74, 6) is -1.52. The normalized spacial score (nSPS) is 10.6. The Labute approximate surface area is 175 Å². The minimum atomic E-state index is -0.870. The van der Waals surface area contributed by atoms with Crippen molar-refractivity contribution in [2.45, 2.75) is 19.5 Å². The molecule has 0 radical (unpaired) electrons. The Morgan fingerprint density at radius 2 is 1.28 bits per heavy atom. The summed E-state index contributed by atoms with van der Waals surface area (Å²) in [6.45, 7) is 0.724. The first kappa shape index (κ1) is 20.6. The summed E-state index contributed by atoms with van der Waals surface area (Å²) in [7, 11) is 0. The van der Waals surface area contributed by atoms with Crippen molar-refractivity contribution in [2.75, 3.05) is 0 Å². The smallest absolute Gasteiger partial charge is 0.233 e. The van der Waals surface area contributed by atoms with Crippen LogP contribution in [-0.4, -0.2) is 16.8 Å². The highest BCUT2D eigenvalue weighted by Crippen LogP contribution is 2.13. The van der Waals surface area contributed by atoms with E-state index in [1.807, 2.05) is 60.7 Å². The van der Waals surface area contributed by atoms with Crippen molar-refractivity contribution in [3.05, 3.63) is 101 Å². The molecule has 148 valence electrons. The number of benzene rings is 2. The third kappa shape index (κ3) is 6.43. The molecule has 0 aliphatic heterocycles. The molecule has 2 aromatic carbocycles. The first-order chi connectivity index (χ1) is 14.1. The van der Waals surface area contributed by atoms with Crippen LogP contribution in [0.5, 0.6) is 0 Å². The van der Waals surface area contributed by atoms with Crippen LogP contribution in [-0.2, 0) is 29.1 Å². The zero-order valence-corrected chi connectivity index (χ0v) is 16.6. The van der Waals surface area contributed by atoms with E-state index in [1.54, 1.807) is 18.3 Å². The Morgan fingerprint density at radius 1 is 0.759 bits per heavy atom. The number of carbonyl (C=O) groups is 2. The molecule has 0 aliphatic rings. The lowest BCUT2D eigenvalue weighted by atomic mass is 9.98. The second-order valence-electron chi connectivity index (χ2n) is 6.65. The van der Waals surface area contributed by atoms with E-state index in [1.165, 1.54) is 0 Å². The standard InChI is InChI=1S/C23H22ClN3O2/c24-21-12-11-19(16-25-21)13-20(22(28)26-14-17-7-3-1-4-8-17)23(29)27-15-18-9-5-2-6-10-18/h1-12,16,20H,13-15H2,(H,26,28)(H,27,29). The lowest BCUT2D eigenvalue weighted by molar-refractivity contribution is -0.135. The van der Waals surface area contributed by atoms with Crippen LogP contribution in [0.1, 0.15) is 16.7 Å². The van der Waals surface area contributed by atoms with Gasteiger partial charge in [0.05, 0.1) is 0 Å². The molecule has 2 amide bonds. The molecular formula is C23H22ClN3O2. The van der Waals surface area contributed by atoms with Crippen molar-refractivity contribution >= 4 is 23.4 Å². The van der Waals surface area contributed by atoms with Gasteiger partial charge in [0.1, 0.15) is 11.1 Å². The Hall–Kier alpha value is -3.18. The van der Waals surface area contributed by atoms with Gasteiger partial charge < -0.3 is 10.6 Å². The average molecular weight is 408 g/mol. The third-order valence-electron chi connectivity index (χ3n) is 4.48. The lowest BCUT2D eigenvalue weighted by Gasteiger charge is -2.17. The Morgan fingerprint density at radius 3 is 1.72 bits per heavy atom. The molecular weight excluding hydrogens is 386 g/mol.